The van der Waals surface area contributed by atoms with E-state index in [1.165, 1.54) is 12.8 Å². The SMILES string of the molecule is C1CC2NNNN2C1. The van der Waals surface area contributed by atoms with Crippen LogP contribution in [0.4, 0.5) is 0 Å². The molecule has 1 atom stereocenters. The van der Waals surface area contributed by atoms with Crippen molar-refractivity contribution in [1.82, 2.24) is 21.5 Å². The predicted octanol–water partition coefficient (Wildman–Crippen LogP) is -1.06. The number of hydrogen-bond acceptors (Lipinski definition) is 4. The average molecular weight is 114 g/mol. The molecule has 4 heteroatoms. The third-order valence-corrected chi connectivity index (χ3v) is 1.69. The van der Waals surface area contributed by atoms with E-state index < -0.39 is 0 Å². The molecule has 2 aliphatic heterocycles. The highest BCUT2D eigenvalue weighted by Gasteiger charge is 2.27. The van der Waals surface area contributed by atoms with E-state index in [0.717, 1.165) is 6.54 Å². The first kappa shape index (κ1) is 4.69. The lowest BCUT2D eigenvalue weighted by atomic mass is 10.3. The molecule has 2 aliphatic rings. The van der Waals surface area contributed by atoms with Gasteiger partial charge in [0.2, 0.25) is 0 Å². The lowest BCUT2D eigenvalue weighted by Crippen LogP contribution is -2.36. The predicted molar refractivity (Wildman–Crippen MR) is 29.1 cm³/mol. The monoisotopic (exact) mass is 114 g/mol. The van der Waals surface area contributed by atoms with Crippen LogP contribution in [-0.2, 0) is 0 Å². The molecule has 2 saturated heterocycles. The summed E-state index contributed by atoms with van der Waals surface area (Å²) in [7, 11) is 0. The molecule has 4 nitrogen and oxygen atoms in total. The summed E-state index contributed by atoms with van der Waals surface area (Å²) in [5.41, 5.74) is 8.92. The smallest absolute Gasteiger partial charge is 0.0888 e. The summed E-state index contributed by atoms with van der Waals surface area (Å²) >= 11 is 0. The number of hydrogen-bond donors (Lipinski definition) is 3. The maximum Gasteiger partial charge on any atom is 0.0888 e. The molecular formula is C4H10N4. The Balaban J connectivity index is 2.04. The number of fused-ring (bicyclic) bond motifs is 1. The van der Waals surface area contributed by atoms with Crippen molar-refractivity contribution < 1.29 is 0 Å². The van der Waals surface area contributed by atoms with Gasteiger partial charge in [0.05, 0.1) is 6.17 Å². The van der Waals surface area contributed by atoms with Crippen LogP contribution in [0.1, 0.15) is 12.8 Å². The third-order valence-electron chi connectivity index (χ3n) is 1.69. The van der Waals surface area contributed by atoms with Gasteiger partial charge in [0.25, 0.3) is 0 Å². The molecule has 0 aromatic heterocycles. The lowest BCUT2D eigenvalue weighted by molar-refractivity contribution is 0.226. The normalized spacial score (nSPS) is 38.2. The Morgan fingerprint density at radius 3 is 3.38 bits per heavy atom. The highest BCUT2D eigenvalue weighted by atomic mass is 15.9. The summed E-state index contributed by atoms with van der Waals surface area (Å²) in [6.07, 6.45) is 3.08. The van der Waals surface area contributed by atoms with Crippen LogP contribution in [0, 0.1) is 0 Å². The zero-order valence-corrected chi connectivity index (χ0v) is 4.65. The quantitative estimate of drug-likeness (QED) is 0.375. The fourth-order valence-electron chi connectivity index (χ4n) is 1.24. The first-order valence-electron chi connectivity index (χ1n) is 2.99. The highest BCUT2D eigenvalue weighted by molar-refractivity contribution is 4.74. The van der Waals surface area contributed by atoms with Gasteiger partial charge in [-0.15, -0.1) is 0 Å². The Hall–Kier alpha value is -0.160. The van der Waals surface area contributed by atoms with E-state index in [-0.39, 0.29) is 0 Å². The second-order valence-electron chi connectivity index (χ2n) is 2.23. The minimum absolute atomic E-state index is 0.537. The van der Waals surface area contributed by atoms with Crippen molar-refractivity contribution in [3.8, 4) is 0 Å². The molecule has 8 heavy (non-hydrogen) atoms. The fraction of sp³-hybridized carbons (Fsp3) is 1.00. The molecule has 0 aliphatic carbocycles. The molecule has 0 saturated carbocycles. The van der Waals surface area contributed by atoms with Crippen molar-refractivity contribution in [3.05, 3.63) is 0 Å². The van der Waals surface area contributed by atoms with Gasteiger partial charge in [0, 0.05) is 6.54 Å². The minimum atomic E-state index is 0.537. The maximum absolute atomic E-state index is 3.08. The van der Waals surface area contributed by atoms with Crippen LogP contribution in [-0.4, -0.2) is 17.7 Å². The van der Waals surface area contributed by atoms with Gasteiger partial charge in [-0.25, -0.2) is 10.4 Å². The third kappa shape index (κ3) is 0.545. The van der Waals surface area contributed by atoms with E-state index in [0.29, 0.717) is 6.17 Å². The van der Waals surface area contributed by atoms with Crippen LogP contribution >= 0.6 is 0 Å². The molecule has 0 amide bonds. The molecule has 1 unspecified atom stereocenters. The van der Waals surface area contributed by atoms with E-state index in [1.807, 2.05) is 0 Å². The number of nitrogens with one attached hydrogen (secondary N) is 3. The van der Waals surface area contributed by atoms with E-state index in [9.17, 15) is 0 Å². The van der Waals surface area contributed by atoms with E-state index in [4.69, 9.17) is 0 Å². The Morgan fingerprint density at radius 2 is 2.50 bits per heavy atom. The van der Waals surface area contributed by atoms with Crippen molar-refractivity contribution in [1.29, 1.82) is 0 Å². The van der Waals surface area contributed by atoms with Crippen LogP contribution < -0.4 is 16.5 Å². The summed E-state index contributed by atoms with van der Waals surface area (Å²) in [6, 6.07) is 0. The second-order valence-corrected chi connectivity index (χ2v) is 2.23. The van der Waals surface area contributed by atoms with Crippen molar-refractivity contribution in [3.63, 3.8) is 0 Å². The molecule has 0 spiro atoms. The Labute approximate surface area is 48.1 Å². The number of nitrogens with zero attached hydrogens (tertiary/aromatic N) is 1. The van der Waals surface area contributed by atoms with Gasteiger partial charge in [-0.3, -0.25) is 0 Å². The van der Waals surface area contributed by atoms with E-state index >= 15 is 0 Å². The lowest BCUT2D eigenvalue weighted by Gasteiger charge is -2.09. The zero-order valence-electron chi connectivity index (χ0n) is 4.65. The van der Waals surface area contributed by atoms with Crippen LogP contribution in [0.25, 0.3) is 0 Å². The standard InChI is InChI=1S/C4H10N4/c1-2-4-5-6-7-8(4)3-1/h4-7H,1-3H2. The van der Waals surface area contributed by atoms with Crippen molar-refractivity contribution in [2.45, 2.75) is 19.0 Å². The topological polar surface area (TPSA) is 39.3 Å². The molecular weight excluding hydrogens is 104 g/mol. The molecule has 2 fully saturated rings. The summed E-state index contributed by atoms with van der Waals surface area (Å²) in [5.74, 6) is 0. The second kappa shape index (κ2) is 1.66. The van der Waals surface area contributed by atoms with Crippen LogP contribution in [0.15, 0.2) is 0 Å². The molecule has 0 aromatic rings. The highest BCUT2D eigenvalue weighted by Crippen LogP contribution is 2.12. The zero-order chi connectivity index (χ0) is 5.40. The van der Waals surface area contributed by atoms with Gasteiger partial charge in [0.1, 0.15) is 0 Å². The van der Waals surface area contributed by atoms with Gasteiger partial charge in [-0.05, 0) is 12.8 Å². The Bertz CT molecular complexity index is 74.0. The summed E-state index contributed by atoms with van der Waals surface area (Å²) in [5, 5.41) is 2.17. The molecule has 3 N–H and O–H groups in total. The summed E-state index contributed by atoms with van der Waals surface area (Å²) < 4.78 is 0. The van der Waals surface area contributed by atoms with Gasteiger partial charge in [-0.2, -0.15) is 11.1 Å². The van der Waals surface area contributed by atoms with Gasteiger partial charge < -0.3 is 0 Å². The van der Waals surface area contributed by atoms with Crippen molar-refractivity contribution in [2.24, 2.45) is 0 Å². The number of hydrazine groups is 3. The molecule has 46 valence electrons. The first-order chi connectivity index (χ1) is 3.97. The van der Waals surface area contributed by atoms with Crippen LogP contribution in [0.5, 0.6) is 0 Å². The minimum Gasteiger partial charge on any atom is -0.225 e. The largest absolute Gasteiger partial charge is 0.225 e. The molecule has 0 bridgehead atoms. The molecule has 0 radical (unpaired) electrons. The van der Waals surface area contributed by atoms with Gasteiger partial charge in [-0.1, -0.05) is 0 Å². The van der Waals surface area contributed by atoms with E-state index in [1.54, 1.807) is 0 Å². The fourth-order valence-corrected chi connectivity index (χ4v) is 1.24. The average Bonchev–Trinajstić information content (AvgIpc) is 2.15. The first-order valence-corrected chi connectivity index (χ1v) is 2.99. The maximum atomic E-state index is 3.08. The van der Waals surface area contributed by atoms with E-state index in [2.05, 4.69) is 21.5 Å². The summed E-state index contributed by atoms with van der Waals surface area (Å²) in [4.78, 5) is 0. The van der Waals surface area contributed by atoms with Crippen molar-refractivity contribution >= 4 is 0 Å². The van der Waals surface area contributed by atoms with Crippen LogP contribution in [0.3, 0.4) is 0 Å². The van der Waals surface area contributed by atoms with Gasteiger partial charge >= 0.3 is 0 Å². The van der Waals surface area contributed by atoms with Crippen molar-refractivity contribution in [2.75, 3.05) is 6.54 Å². The van der Waals surface area contributed by atoms with Gasteiger partial charge in [0.15, 0.2) is 0 Å². The van der Waals surface area contributed by atoms with Crippen LogP contribution in [0.2, 0.25) is 0 Å². The molecule has 0 aromatic carbocycles. The molecule has 2 heterocycles. The number of rotatable bonds is 0. The molecule has 2 rings (SSSR count). The summed E-state index contributed by atoms with van der Waals surface area (Å²) in [6.45, 7) is 1.16. The Morgan fingerprint density at radius 1 is 1.50 bits per heavy atom. The Kier molecular flexibility index (Phi) is 0.976.